The van der Waals surface area contributed by atoms with Gasteiger partial charge in [-0.25, -0.2) is 9.78 Å². The fraction of sp³-hybridized carbons (Fsp3) is 0.487. The first-order chi connectivity index (χ1) is 56.7. The number of rotatable bonds is 46. The van der Waals surface area contributed by atoms with Crippen molar-refractivity contribution in [1.29, 1.82) is 0 Å². The van der Waals surface area contributed by atoms with Gasteiger partial charge in [-0.1, -0.05) is 76.2 Å². The summed E-state index contributed by atoms with van der Waals surface area (Å²) in [6.45, 7) is 6.06. The Morgan fingerprint density at radius 1 is 0.513 bits per heavy atom. The second-order valence-corrected chi connectivity index (χ2v) is 31.5. The van der Waals surface area contributed by atoms with Gasteiger partial charge in [-0.2, -0.15) is 11.8 Å². The van der Waals surface area contributed by atoms with Crippen LogP contribution in [-0.4, -0.2) is 244 Å². The number of carboxylic acids is 2. The highest BCUT2D eigenvalue weighted by Crippen LogP contribution is 2.26. The topological polar surface area (TPSA) is 599 Å². The molecule has 2 aliphatic heterocycles. The number of aromatic amines is 3. The highest BCUT2D eigenvalue weighted by atomic mass is 32.2. The van der Waals surface area contributed by atoms with Gasteiger partial charge in [0.05, 0.1) is 31.0 Å². The first kappa shape index (κ1) is 92.1. The molecule has 0 aliphatic carbocycles. The summed E-state index contributed by atoms with van der Waals surface area (Å²) in [5.74, 6) is -15.8. The number of aromatic hydroxyl groups is 1. The van der Waals surface area contributed by atoms with Crippen LogP contribution in [0.4, 0.5) is 0 Å². The number of fused-ring (bicyclic) bond motifs is 2. The van der Waals surface area contributed by atoms with Gasteiger partial charge in [0, 0.05) is 85.6 Å². The van der Waals surface area contributed by atoms with Gasteiger partial charge in [0.1, 0.15) is 72.2 Å². The van der Waals surface area contributed by atoms with Crippen molar-refractivity contribution in [2.24, 2.45) is 29.0 Å². The maximum absolute atomic E-state index is 15.0. The number of hydrogen-bond acceptors (Lipinski definition) is 20. The van der Waals surface area contributed by atoms with E-state index in [0.717, 1.165) is 21.4 Å². The van der Waals surface area contributed by atoms with Crippen LogP contribution in [0.15, 0.2) is 97.7 Å². The van der Waals surface area contributed by atoms with Crippen molar-refractivity contribution < 1.29 is 92.0 Å². The van der Waals surface area contributed by atoms with Crippen LogP contribution in [0.5, 0.6) is 5.75 Å². The lowest BCUT2D eigenvalue weighted by atomic mass is 9.99. The van der Waals surface area contributed by atoms with Crippen molar-refractivity contribution in [2.45, 2.75) is 203 Å². The Morgan fingerprint density at radius 2 is 0.975 bits per heavy atom. The zero-order valence-corrected chi connectivity index (χ0v) is 67.6. The number of amides is 14. The number of thioether (sulfide) groups is 1. The number of nitrogens with two attached hydrogens (primary N) is 3. The molecule has 22 N–H and O–H groups in total. The minimum Gasteiger partial charge on any atom is -0.508 e. The van der Waals surface area contributed by atoms with Crippen molar-refractivity contribution in [3.05, 3.63) is 120 Å². The summed E-state index contributed by atoms with van der Waals surface area (Å²) in [7, 11) is 0. The van der Waals surface area contributed by atoms with Crippen LogP contribution >= 0.6 is 11.8 Å². The monoisotopic (exact) mass is 1670 g/mol. The predicted octanol–water partition coefficient (Wildman–Crippen LogP) is -0.927. The van der Waals surface area contributed by atoms with E-state index in [1.807, 2.05) is 42.5 Å². The van der Waals surface area contributed by atoms with E-state index in [1.165, 1.54) is 53.5 Å². The lowest BCUT2D eigenvalue weighted by Crippen LogP contribution is -2.60. The summed E-state index contributed by atoms with van der Waals surface area (Å²) in [5, 5.41) is 57.2. The van der Waals surface area contributed by atoms with Crippen molar-refractivity contribution in [1.82, 2.24) is 82.9 Å². The molecule has 2 fully saturated rings. The summed E-state index contributed by atoms with van der Waals surface area (Å²) in [6.07, 6.45) is 5.30. The Bertz CT molecular complexity index is 4610. The third kappa shape index (κ3) is 27.3. The van der Waals surface area contributed by atoms with E-state index in [0.29, 0.717) is 33.5 Å². The van der Waals surface area contributed by atoms with Crippen LogP contribution in [-0.2, 0) is 102 Å². The molecule has 0 saturated carbocycles. The molecule has 0 spiro atoms. The molecule has 39 heteroatoms. The maximum atomic E-state index is 15.0. The summed E-state index contributed by atoms with van der Waals surface area (Å²) in [6, 6.07) is 3.09. The number of carboxylic acid groups (broad SMARTS) is 2. The number of H-pyrrole nitrogens is 3. The van der Waals surface area contributed by atoms with E-state index >= 15 is 4.79 Å². The Morgan fingerprint density at radius 3 is 1.51 bits per heavy atom. The number of hydrogen-bond donors (Lipinski definition) is 19. The van der Waals surface area contributed by atoms with Gasteiger partial charge in [-0.3, -0.25) is 71.9 Å². The number of phenolic OH excluding ortho intramolecular Hbond substituents is 1. The second kappa shape index (κ2) is 44.2. The largest absolute Gasteiger partial charge is 0.508 e. The molecule has 14 amide bonds. The normalized spacial score (nSPS) is 16.4. The molecule has 6 aromatic rings. The molecule has 3 aromatic carbocycles. The number of primary amides is 2. The van der Waals surface area contributed by atoms with Crippen molar-refractivity contribution in [3.8, 4) is 5.75 Å². The minimum absolute atomic E-state index is 0.0169. The van der Waals surface area contributed by atoms with Crippen LogP contribution in [0, 0.1) is 11.8 Å². The fourth-order valence-electron chi connectivity index (χ4n) is 14.4. The van der Waals surface area contributed by atoms with Crippen LogP contribution in [0.1, 0.15) is 127 Å². The first-order valence-corrected chi connectivity index (χ1v) is 40.8. The number of aliphatic carboxylic acids is 2. The average Bonchev–Trinajstić information content (AvgIpc) is 1.73. The van der Waals surface area contributed by atoms with Gasteiger partial charge in [0.25, 0.3) is 0 Å². The average molecular weight is 1670 g/mol. The van der Waals surface area contributed by atoms with E-state index in [2.05, 4.69) is 73.1 Å². The lowest BCUT2D eigenvalue weighted by molar-refractivity contribution is -0.146. The van der Waals surface area contributed by atoms with Crippen LogP contribution in [0.2, 0.25) is 0 Å². The number of carbonyl (C=O) groups is 16. The Hall–Kier alpha value is -12.4. The summed E-state index contributed by atoms with van der Waals surface area (Å²) in [4.78, 5) is 237. The standard InChI is InChI=1S/C80H107N19O19S/c1-42(2)30-57(93-74(111)58(34-46-38-86-53-15-9-7-13-50(46)53)94-75(112)59(35-47-39-84-41-88-47)92-69(106)51(81)33-45-37-85-52-14-8-6-12-49(45)52)73(110)90-55(23-25-66(83)102)71(108)95-60(31-43(3)4)78(115)98-27-10-16-63(98)76(113)87-40-67(103)89-54(22-24-65(82)101)70(107)96-61(36-68(104)105)79(116)99-28-11-17-64(99)77(114)91-56(26-29-119-5)72(109)97-62(80(117)118)32-44-18-20-48(100)21-19-44/h6-9,12-15,18-21,37-39,41-43,51,54-64,85-86,100H,10-11,16-17,22-36,40,81H2,1-5H3,(H2,82,101)(H2,83,102)(H,84,88)(H,87,113)(H,89,103)(H,90,110)(H,91,114)(H,92,106)(H,93,111)(H,94,112)(H,95,108)(H,96,107)(H,97,109)(H,104,105)(H,117,118). The number of likely N-dealkylation sites (tertiary alicyclic amines) is 2. The van der Waals surface area contributed by atoms with E-state index in [4.69, 9.17) is 17.2 Å². The van der Waals surface area contributed by atoms with Gasteiger partial charge in [0.2, 0.25) is 82.7 Å². The van der Waals surface area contributed by atoms with Crippen molar-refractivity contribution in [3.63, 3.8) is 0 Å². The van der Waals surface area contributed by atoms with E-state index in [9.17, 15) is 87.2 Å². The molecule has 5 heterocycles. The lowest BCUT2D eigenvalue weighted by Gasteiger charge is -2.31. The second-order valence-electron chi connectivity index (χ2n) is 30.6. The van der Waals surface area contributed by atoms with Gasteiger partial charge < -0.3 is 110 Å². The number of nitrogens with one attached hydrogen (secondary N) is 13. The zero-order chi connectivity index (χ0) is 86.7. The van der Waals surface area contributed by atoms with Gasteiger partial charge >= 0.3 is 11.9 Å². The van der Waals surface area contributed by atoms with Crippen LogP contribution in [0.3, 0.4) is 0 Å². The highest BCUT2D eigenvalue weighted by molar-refractivity contribution is 7.98. The Balaban J connectivity index is 0.916. The summed E-state index contributed by atoms with van der Waals surface area (Å²) in [5.41, 5.74) is 21.3. The van der Waals surface area contributed by atoms with E-state index < -0.39 is 206 Å². The molecular weight excluding hydrogens is 1560 g/mol. The number of imidazole rings is 1. The number of para-hydroxylation sites is 2. The molecule has 38 nitrogen and oxygen atoms in total. The molecule has 2 saturated heterocycles. The highest BCUT2D eigenvalue weighted by Gasteiger charge is 2.43. The maximum Gasteiger partial charge on any atom is 0.326 e. The molecule has 12 atom stereocenters. The minimum atomic E-state index is -1.89. The fourth-order valence-corrected chi connectivity index (χ4v) is 14.8. The quantitative estimate of drug-likeness (QED) is 0.0220. The molecule has 642 valence electrons. The Kier molecular flexibility index (Phi) is 34.2. The third-order valence-corrected chi connectivity index (χ3v) is 21.1. The van der Waals surface area contributed by atoms with Gasteiger partial charge in [-0.05, 0) is 129 Å². The van der Waals surface area contributed by atoms with E-state index in [1.54, 1.807) is 52.4 Å². The molecule has 8 rings (SSSR count). The number of carbonyl (C=O) groups excluding carboxylic acids is 14. The summed E-state index contributed by atoms with van der Waals surface area (Å²) >= 11 is 1.33. The summed E-state index contributed by atoms with van der Waals surface area (Å²) < 4.78 is 0. The van der Waals surface area contributed by atoms with Crippen LogP contribution < -0.4 is 70.4 Å². The molecule has 3 aromatic heterocycles. The molecule has 12 unspecified atom stereocenters. The molecule has 2 aliphatic rings. The zero-order valence-electron chi connectivity index (χ0n) is 66.8. The van der Waals surface area contributed by atoms with Crippen molar-refractivity contribution >= 4 is 128 Å². The van der Waals surface area contributed by atoms with Gasteiger partial charge in [-0.15, -0.1) is 0 Å². The number of nitrogens with zero attached hydrogens (tertiary/aromatic N) is 3. The van der Waals surface area contributed by atoms with Gasteiger partial charge in [0.15, 0.2) is 0 Å². The van der Waals surface area contributed by atoms with E-state index in [-0.39, 0.29) is 101 Å². The van der Waals surface area contributed by atoms with Crippen molar-refractivity contribution in [2.75, 3.05) is 31.6 Å². The SMILES string of the molecule is CSCCC(NC(=O)C1CCCN1C(=O)C(CC(=O)O)NC(=O)C(CCC(N)=O)NC(=O)CNC(=O)C1CCCN1C(=O)C(CC(C)C)NC(=O)C(CCC(N)=O)NC(=O)C(CC(C)C)NC(=O)C(Cc1c[nH]c2ccccc12)NC(=O)C(Cc1c[nH]cn1)NC(=O)C(N)Cc1c[nH]c2ccccc12)C(=O)NC(Cc1ccc(O)cc1)C(=O)O. The Labute approximate surface area is 689 Å². The molecule has 0 radical (unpaired) electrons. The molecule has 119 heavy (non-hydrogen) atoms. The molecular formula is C80H107N19O19S. The third-order valence-electron chi connectivity index (χ3n) is 20.4. The molecule has 0 bridgehead atoms. The number of benzene rings is 3. The predicted molar refractivity (Wildman–Crippen MR) is 435 cm³/mol. The first-order valence-electron chi connectivity index (χ1n) is 39.4. The van der Waals surface area contributed by atoms with Crippen LogP contribution in [0.25, 0.3) is 21.8 Å². The number of phenols is 1. The number of aromatic nitrogens is 4. The smallest absolute Gasteiger partial charge is 0.326 e.